The fourth-order valence-corrected chi connectivity index (χ4v) is 2.78. The van der Waals surface area contributed by atoms with Crippen molar-refractivity contribution in [1.82, 2.24) is 4.98 Å². The highest BCUT2D eigenvalue weighted by atomic mass is 16.2. The number of anilines is 3. The molecule has 0 radical (unpaired) electrons. The number of hydrogen-bond acceptors (Lipinski definition) is 4. The monoisotopic (exact) mass is 359 g/mol. The first-order valence-electron chi connectivity index (χ1n) is 8.79. The molecule has 0 aliphatic rings. The van der Waals surface area contributed by atoms with E-state index in [0.717, 1.165) is 11.4 Å². The summed E-state index contributed by atoms with van der Waals surface area (Å²) in [6.07, 6.45) is 1.61. The topological polar surface area (TPSA) is 62.3 Å². The molecule has 0 saturated heterocycles. The second-order valence-electron chi connectivity index (χ2n) is 6.07. The second-order valence-corrected chi connectivity index (χ2v) is 6.07. The third-order valence-electron chi connectivity index (χ3n) is 4.20. The van der Waals surface area contributed by atoms with Crippen molar-refractivity contribution in [1.29, 1.82) is 0 Å². The van der Waals surface area contributed by atoms with Crippen LogP contribution in [0.1, 0.15) is 34.6 Å². The minimum atomic E-state index is -0.0823. The Bertz CT molecular complexity index is 937. The molecule has 0 unspecified atom stereocenters. The zero-order valence-corrected chi connectivity index (χ0v) is 15.3. The molecule has 1 N–H and O–H groups in total. The van der Waals surface area contributed by atoms with E-state index in [1.807, 2.05) is 49.4 Å². The molecule has 1 amide bonds. The van der Waals surface area contributed by atoms with Gasteiger partial charge >= 0.3 is 0 Å². The fraction of sp³-hybridized carbons (Fsp3) is 0.136. The summed E-state index contributed by atoms with van der Waals surface area (Å²) in [6.45, 7) is 4.05. The van der Waals surface area contributed by atoms with Gasteiger partial charge in [0.1, 0.15) is 5.82 Å². The lowest BCUT2D eigenvalue weighted by Crippen LogP contribution is -2.30. The van der Waals surface area contributed by atoms with E-state index >= 15 is 0 Å². The van der Waals surface area contributed by atoms with Gasteiger partial charge in [-0.3, -0.25) is 9.59 Å². The Labute approximate surface area is 158 Å². The van der Waals surface area contributed by atoms with Crippen LogP contribution < -0.4 is 10.2 Å². The molecule has 0 aliphatic heterocycles. The van der Waals surface area contributed by atoms with Gasteiger partial charge in [0.15, 0.2) is 5.78 Å². The van der Waals surface area contributed by atoms with Crippen molar-refractivity contribution in [3.05, 3.63) is 84.1 Å². The fourth-order valence-electron chi connectivity index (χ4n) is 2.78. The maximum atomic E-state index is 12.9. The van der Waals surface area contributed by atoms with Crippen molar-refractivity contribution in [3.8, 4) is 0 Å². The minimum Gasteiger partial charge on any atom is -0.340 e. The zero-order valence-electron chi connectivity index (χ0n) is 15.3. The molecule has 3 rings (SSSR count). The number of amides is 1. The van der Waals surface area contributed by atoms with E-state index in [2.05, 4.69) is 10.3 Å². The number of hydrogen-bond donors (Lipinski definition) is 1. The van der Waals surface area contributed by atoms with Crippen molar-refractivity contribution in [2.45, 2.75) is 13.8 Å². The predicted molar refractivity (Wildman–Crippen MR) is 108 cm³/mol. The normalized spacial score (nSPS) is 10.3. The van der Waals surface area contributed by atoms with Crippen molar-refractivity contribution in [2.24, 2.45) is 0 Å². The highest BCUT2D eigenvalue weighted by molar-refractivity contribution is 6.06. The number of nitrogens with one attached hydrogen (secondary N) is 1. The van der Waals surface area contributed by atoms with Crippen molar-refractivity contribution >= 4 is 28.9 Å². The van der Waals surface area contributed by atoms with Crippen LogP contribution in [0.5, 0.6) is 0 Å². The summed E-state index contributed by atoms with van der Waals surface area (Å²) in [6, 6.07) is 20.2. The van der Waals surface area contributed by atoms with E-state index in [1.54, 1.807) is 35.4 Å². The Kier molecular flexibility index (Phi) is 5.61. The summed E-state index contributed by atoms with van der Waals surface area (Å²) in [5, 5.41) is 3.17. The smallest absolute Gasteiger partial charge is 0.258 e. The van der Waals surface area contributed by atoms with Crippen molar-refractivity contribution in [2.75, 3.05) is 16.8 Å². The SMILES string of the molecule is CCN(C(=O)c1ccnc(Nc2ccc(C(C)=O)cc2)c1)c1ccccc1. The van der Waals surface area contributed by atoms with Crippen molar-refractivity contribution < 1.29 is 9.59 Å². The van der Waals surface area contributed by atoms with E-state index in [-0.39, 0.29) is 11.7 Å². The Morgan fingerprint density at radius 3 is 2.30 bits per heavy atom. The molecule has 0 atom stereocenters. The van der Waals surface area contributed by atoms with Crippen LogP contribution >= 0.6 is 0 Å². The lowest BCUT2D eigenvalue weighted by Gasteiger charge is -2.21. The quantitative estimate of drug-likeness (QED) is 0.648. The summed E-state index contributed by atoms with van der Waals surface area (Å²) in [4.78, 5) is 30.3. The van der Waals surface area contributed by atoms with Crippen LogP contribution in [0.15, 0.2) is 72.9 Å². The van der Waals surface area contributed by atoms with Crippen LogP contribution in [0.25, 0.3) is 0 Å². The number of rotatable bonds is 6. The molecular weight excluding hydrogens is 338 g/mol. The van der Waals surface area contributed by atoms with Crippen LogP contribution in [-0.2, 0) is 0 Å². The average Bonchev–Trinajstić information content (AvgIpc) is 2.70. The number of carbonyl (C=O) groups is 2. The first kappa shape index (κ1) is 18.3. The van der Waals surface area contributed by atoms with Crippen LogP contribution in [0.2, 0.25) is 0 Å². The molecule has 0 spiro atoms. The third kappa shape index (κ3) is 4.39. The largest absolute Gasteiger partial charge is 0.340 e. The first-order chi connectivity index (χ1) is 13.1. The predicted octanol–water partition coefficient (Wildman–Crippen LogP) is 4.69. The number of aromatic nitrogens is 1. The molecule has 1 aromatic heterocycles. The third-order valence-corrected chi connectivity index (χ3v) is 4.20. The van der Waals surface area contributed by atoms with Gasteiger partial charge in [-0.05, 0) is 62.4 Å². The number of ketones is 1. The van der Waals surface area contributed by atoms with Gasteiger partial charge in [-0.15, -0.1) is 0 Å². The summed E-state index contributed by atoms with van der Waals surface area (Å²) in [5.74, 6) is 0.509. The van der Waals surface area contributed by atoms with Gasteiger partial charge in [-0.2, -0.15) is 0 Å². The van der Waals surface area contributed by atoms with Gasteiger partial charge in [-0.25, -0.2) is 4.98 Å². The molecule has 2 aromatic carbocycles. The van der Waals surface area contributed by atoms with E-state index in [0.29, 0.717) is 23.5 Å². The van der Waals surface area contributed by atoms with Gasteiger partial charge in [0.25, 0.3) is 5.91 Å². The summed E-state index contributed by atoms with van der Waals surface area (Å²) in [5.41, 5.74) is 2.86. The number of pyridine rings is 1. The molecule has 27 heavy (non-hydrogen) atoms. The van der Waals surface area contributed by atoms with E-state index in [9.17, 15) is 9.59 Å². The Balaban J connectivity index is 1.80. The van der Waals surface area contributed by atoms with E-state index < -0.39 is 0 Å². The lowest BCUT2D eigenvalue weighted by atomic mass is 10.1. The van der Waals surface area contributed by atoms with Crippen molar-refractivity contribution in [3.63, 3.8) is 0 Å². The molecule has 3 aromatic rings. The molecule has 5 heteroatoms. The van der Waals surface area contributed by atoms with Gasteiger partial charge in [0.2, 0.25) is 0 Å². The summed E-state index contributed by atoms with van der Waals surface area (Å²) >= 11 is 0. The molecule has 0 fully saturated rings. The number of Topliss-reactive ketones (excluding diaryl/α,β-unsaturated/α-hetero) is 1. The van der Waals surface area contributed by atoms with Gasteiger partial charge in [-0.1, -0.05) is 18.2 Å². The number of carbonyl (C=O) groups excluding carboxylic acids is 2. The maximum absolute atomic E-state index is 12.9. The van der Waals surface area contributed by atoms with Crippen LogP contribution in [-0.4, -0.2) is 23.2 Å². The Morgan fingerprint density at radius 2 is 1.67 bits per heavy atom. The Hall–Kier alpha value is -3.47. The molecular formula is C22H21N3O2. The molecule has 0 saturated carbocycles. The first-order valence-corrected chi connectivity index (χ1v) is 8.79. The van der Waals surface area contributed by atoms with E-state index in [1.165, 1.54) is 6.92 Å². The second kappa shape index (κ2) is 8.27. The Morgan fingerprint density at radius 1 is 0.963 bits per heavy atom. The molecule has 5 nitrogen and oxygen atoms in total. The number of benzene rings is 2. The van der Waals surface area contributed by atoms with E-state index in [4.69, 9.17) is 0 Å². The standard InChI is InChI=1S/C22H21N3O2/c1-3-25(20-7-5-4-6-8-20)22(27)18-13-14-23-21(15-18)24-19-11-9-17(10-12-19)16(2)26/h4-15H,3H2,1-2H3,(H,23,24). The van der Waals surface area contributed by atoms with Crippen LogP contribution in [0, 0.1) is 0 Å². The number of para-hydroxylation sites is 1. The summed E-state index contributed by atoms with van der Waals surface area (Å²) < 4.78 is 0. The lowest BCUT2D eigenvalue weighted by molar-refractivity contribution is 0.0986. The van der Waals surface area contributed by atoms with Gasteiger partial charge in [0.05, 0.1) is 0 Å². The van der Waals surface area contributed by atoms with Gasteiger partial charge in [0, 0.05) is 35.2 Å². The number of nitrogens with zero attached hydrogens (tertiary/aromatic N) is 2. The van der Waals surface area contributed by atoms with Crippen LogP contribution in [0.4, 0.5) is 17.2 Å². The van der Waals surface area contributed by atoms with Crippen LogP contribution in [0.3, 0.4) is 0 Å². The highest BCUT2D eigenvalue weighted by Gasteiger charge is 2.16. The molecule has 136 valence electrons. The maximum Gasteiger partial charge on any atom is 0.258 e. The van der Waals surface area contributed by atoms with Gasteiger partial charge < -0.3 is 10.2 Å². The molecule has 1 heterocycles. The molecule has 0 bridgehead atoms. The summed E-state index contributed by atoms with van der Waals surface area (Å²) in [7, 11) is 0. The average molecular weight is 359 g/mol. The minimum absolute atomic E-state index is 0.0211. The highest BCUT2D eigenvalue weighted by Crippen LogP contribution is 2.20. The molecule has 0 aliphatic carbocycles. The zero-order chi connectivity index (χ0) is 19.2.